The Hall–Kier alpha value is -1.75. The highest BCUT2D eigenvalue weighted by atomic mass is 35.5. The average Bonchev–Trinajstić information content (AvgIpc) is 3.37. The van der Waals surface area contributed by atoms with Crippen LogP contribution in [0.3, 0.4) is 0 Å². The topological polar surface area (TPSA) is 60.3 Å². The van der Waals surface area contributed by atoms with E-state index in [1.807, 2.05) is 24.3 Å². The summed E-state index contributed by atoms with van der Waals surface area (Å²) < 4.78 is 0. The number of halogens is 3. The Bertz CT molecular complexity index is 778. The molecule has 0 radical (unpaired) electrons. The summed E-state index contributed by atoms with van der Waals surface area (Å²) in [7, 11) is 0. The second-order valence-electron chi connectivity index (χ2n) is 6.02. The van der Waals surface area contributed by atoms with Crippen LogP contribution < -0.4 is 10.7 Å². The van der Waals surface area contributed by atoms with Gasteiger partial charge in [-0.25, -0.2) is 5.43 Å². The van der Waals surface area contributed by atoms with Crippen molar-refractivity contribution in [2.75, 3.05) is 6.54 Å². The van der Waals surface area contributed by atoms with Crippen LogP contribution in [0.15, 0.2) is 47.6 Å². The number of hydrogen-bond donors (Lipinski definition) is 3. The van der Waals surface area contributed by atoms with E-state index in [4.69, 9.17) is 40.2 Å². The molecule has 0 atom stereocenters. The lowest BCUT2D eigenvalue weighted by Crippen LogP contribution is -2.38. The van der Waals surface area contributed by atoms with Crippen LogP contribution in [0, 0.1) is 5.41 Å². The predicted molar refractivity (Wildman–Crippen MR) is 105 cm³/mol. The fraction of sp³-hybridized carbons (Fsp3) is 0.222. The van der Waals surface area contributed by atoms with E-state index >= 15 is 0 Å². The Labute approximate surface area is 161 Å². The first-order valence-corrected chi connectivity index (χ1v) is 8.95. The largest absolute Gasteiger partial charge is 0.354 e. The zero-order chi connectivity index (χ0) is 17.9. The van der Waals surface area contributed by atoms with Gasteiger partial charge in [0.25, 0.3) is 0 Å². The molecule has 4 nitrogen and oxygen atoms in total. The molecule has 0 aromatic heterocycles. The zero-order valence-electron chi connectivity index (χ0n) is 13.3. The Morgan fingerprint density at radius 2 is 1.72 bits per heavy atom. The number of guanidine groups is 1. The van der Waals surface area contributed by atoms with E-state index < -0.39 is 0 Å². The molecule has 7 heteroatoms. The Balaban J connectivity index is 1.53. The summed E-state index contributed by atoms with van der Waals surface area (Å²) in [6.07, 6.45) is 3.69. The maximum atomic E-state index is 7.94. The van der Waals surface area contributed by atoms with E-state index in [-0.39, 0.29) is 11.4 Å². The van der Waals surface area contributed by atoms with Crippen LogP contribution in [0.5, 0.6) is 0 Å². The highest BCUT2D eigenvalue weighted by Gasteiger charge is 2.44. The quantitative estimate of drug-likeness (QED) is 0.386. The van der Waals surface area contributed by atoms with Crippen molar-refractivity contribution in [3.05, 3.63) is 68.7 Å². The minimum absolute atomic E-state index is 0.0777. The molecular formula is C18H17Cl3N4. The summed E-state index contributed by atoms with van der Waals surface area (Å²) in [5.41, 5.74) is 4.58. The molecule has 0 bridgehead atoms. The summed E-state index contributed by atoms with van der Waals surface area (Å²) in [4.78, 5) is 0. The molecule has 3 rings (SSSR count). The van der Waals surface area contributed by atoms with Crippen LogP contribution in [0.1, 0.15) is 24.0 Å². The van der Waals surface area contributed by atoms with Crippen LogP contribution in [0.2, 0.25) is 15.1 Å². The average molecular weight is 396 g/mol. The molecule has 1 fully saturated rings. The van der Waals surface area contributed by atoms with Gasteiger partial charge < -0.3 is 5.32 Å². The Morgan fingerprint density at radius 1 is 1.08 bits per heavy atom. The highest BCUT2D eigenvalue weighted by molar-refractivity contribution is 6.38. The normalized spacial score (nSPS) is 15.2. The number of nitrogens with zero attached hydrogens (tertiary/aromatic N) is 1. The fourth-order valence-electron chi connectivity index (χ4n) is 2.61. The smallest absolute Gasteiger partial charge is 0.209 e. The number of hydrazone groups is 1. The molecular weight excluding hydrogens is 379 g/mol. The molecule has 25 heavy (non-hydrogen) atoms. The van der Waals surface area contributed by atoms with Crippen LogP contribution >= 0.6 is 34.8 Å². The minimum atomic E-state index is 0.0777. The summed E-state index contributed by atoms with van der Waals surface area (Å²) in [6.45, 7) is 0.669. The van der Waals surface area contributed by atoms with Crippen molar-refractivity contribution in [3.8, 4) is 0 Å². The second-order valence-corrected chi connectivity index (χ2v) is 7.27. The first-order chi connectivity index (χ1) is 12.0. The Kier molecular flexibility index (Phi) is 5.52. The number of rotatable bonds is 5. The molecule has 2 aromatic rings. The van der Waals surface area contributed by atoms with Gasteiger partial charge in [-0.1, -0.05) is 53.0 Å². The van der Waals surface area contributed by atoms with Gasteiger partial charge in [0.2, 0.25) is 5.96 Å². The molecule has 0 amide bonds. The van der Waals surface area contributed by atoms with Gasteiger partial charge in [-0.2, -0.15) is 5.10 Å². The van der Waals surface area contributed by atoms with Gasteiger partial charge in [0.1, 0.15) is 0 Å². The maximum absolute atomic E-state index is 7.94. The van der Waals surface area contributed by atoms with Gasteiger partial charge >= 0.3 is 0 Å². The van der Waals surface area contributed by atoms with E-state index in [9.17, 15) is 0 Å². The van der Waals surface area contributed by atoms with Crippen molar-refractivity contribution in [3.63, 3.8) is 0 Å². The molecule has 1 saturated carbocycles. The van der Waals surface area contributed by atoms with Crippen LogP contribution in [-0.4, -0.2) is 18.7 Å². The van der Waals surface area contributed by atoms with Crippen molar-refractivity contribution in [1.29, 1.82) is 5.41 Å². The SMILES string of the molecule is N=C(NCC1(c2ccc(Cl)cc2)CC1)N/N=C/c1c(Cl)cccc1Cl. The fourth-order valence-corrected chi connectivity index (χ4v) is 3.24. The van der Waals surface area contributed by atoms with Crippen LogP contribution in [-0.2, 0) is 5.41 Å². The summed E-state index contributed by atoms with van der Waals surface area (Å²) in [6, 6.07) is 13.1. The molecule has 0 spiro atoms. The lowest BCUT2D eigenvalue weighted by atomic mass is 9.96. The molecule has 1 aliphatic rings. The van der Waals surface area contributed by atoms with Crippen molar-refractivity contribution >= 4 is 47.0 Å². The summed E-state index contributed by atoms with van der Waals surface area (Å²) in [5.74, 6) is 0.125. The van der Waals surface area contributed by atoms with E-state index in [1.165, 1.54) is 11.8 Å². The van der Waals surface area contributed by atoms with Crippen molar-refractivity contribution < 1.29 is 0 Å². The first-order valence-electron chi connectivity index (χ1n) is 7.82. The summed E-state index contributed by atoms with van der Waals surface area (Å²) in [5, 5.41) is 16.8. The summed E-state index contributed by atoms with van der Waals surface area (Å²) >= 11 is 18.1. The molecule has 3 N–H and O–H groups in total. The van der Waals surface area contributed by atoms with Gasteiger partial charge in [0.15, 0.2) is 0 Å². The van der Waals surface area contributed by atoms with Gasteiger partial charge in [0.05, 0.1) is 16.3 Å². The lowest BCUT2D eigenvalue weighted by molar-refractivity contribution is 0.647. The maximum Gasteiger partial charge on any atom is 0.209 e. The molecule has 0 heterocycles. The Morgan fingerprint density at radius 3 is 2.32 bits per heavy atom. The van der Waals surface area contributed by atoms with Gasteiger partial charge in [0, 0.05) is 22.5 Å². The first kappa shape index (κ1) is 18.1. The van der Waals surface area contributed by atoms with E-state index in [0.29, 0.717) is 22.2 Å². The standard InChI is InChI=1S/C18H17Cl3N4/c19-13-6-4-12(5-7-13)18(8-9-18)11-23-17(22)25-24-10-14-15(20)2-1-3-16(14)21/h1-7,10H,8-9,11H2,(H3,22,23,25)/b24-10+. The van der Waals surface area contributed by atoms with E-state index in [0.717, 1.165) is 17.9 Å². The van der Waals surface area contributed by atoms with Gasteiger partial charge in [-0.15, -0.1) is 0 Å². The van der Waals surface area contributed by atoms with E-state index in [1.54, 1.807) is 18.2 Å². The van der Waals surface area contributed by atoms with Crippen molar-refractivity contribution in [2.45, 2.75) is 18.3 Å². The van der Waals surface area contributed by atoms with Crippen LogP contribution in [0.25, 0.3) is 0 Å². The van der Waals surface area contributed by atoms with Gasteiger partial charge in [-0.3, -0.25) is 5.41 Å². The van der Waals surface area contributed by atoms with E-state index in [2.05, 4.69) is 15.8 Å². The van der Waals surface area contributed by atoms with Crippen molar-refractivity contribution in [2.24, 2.45) is 5.10 Å². The third kappa shape index (κ3) is 4.46. The predicted octanol–water partition coefficient (Wildman–Crippen LogP) is 4.83. The highest BCUT2D eigenvalue weighted by Crippen LogP contribution is 2.47. The number of hydrogen-bond acceptors (Lipinski definition) is 2. The lowest BCUT2D eigenvalue weighted by Gasteiger charge is -2.17. The number of nitrogens with one attached hydrogen (secondary N) is 3. The third-order valence-corrected chi connectivity index (χ3v) is 5.19. The third-order valence-electron chi connectivity index (χ3n) is 4.28. The minimum Gasteiger partial charge on any atom is -0.354 e. The monoisotopic (exact) mass is 394 g/mol. The van der Waals surface area contributed by atoms with Gasteiger partial charge in [-0.05, 0) is 42.7 Å². The molecule has 0 saturated heterocycles. The molecule has 0 unspecified atom stereocenters. The molecule has 2 aromatic carbocycles. The molecule has 0 aliphatic heterocycles. The van der Waals surface area contributed by atoms with Crippen LogP contribution in [0.4, 0.5) is 0 Å². The number of benzene rings is 2. The molecule has 1 aliphatic carbocycles. The zero-order valence-corrected chi connectivity index (χ0v) is 15.6. The van der Waals surface area contributed by atoms with Crippen molar-refractivity contribution in [1.82, 2.24) is 10.7 Å². The second kappa shape index (κ2) is 7.65. The molecule has 130 valence electrons.